The summed E-state index contributed by atoms with van der Waals surface area (Å²) in [5.74, 6) is -1.17. The van der Waals surface area contributed by atoms with Gasteiger partial charge in [0.2, 0.25) is 17.7 Å². The molecule has 3 unspecified atom stereocenters. The van der Waals surface area contributed by atoms with Crippen LogP contribution in [-0.4, -0.2) is 63.0 Å². The molecule has 3 aliphatic heterocycles. The average molecular weight is 552 g/mol. The topological polar surface area (TPSA) is 108 Å². The Balaban J connectivity index is 1.48. The fourth-order valence-corrected chi connectivity index (χ4v) is 9.26. The number of anilines is 2. The smallest absolute Gasteiger partial charge is 0.248 e. The number of nitrogens with one attached hydrogen (secondary N) is 2. The summed E-state index contributed by atoms with van der Waals surface area (Å²) in [6.07, 6.45) is 0.740. The van der Waals surface area contributed by atoms with Crippen molar-refractivity contribution < 1.29 is 24.2 Å². The first-order valence-corrected chi connectivity index (χ1v) is 14.5. The molecule has 0 aromatic heterocycles. The molecule has 9 heteroatoms. The zero-order chi connectivity index (χ0) is 28.1. The third-order valence-corrected chi connectivity index (χ3v) is 10.7. The number of fused-ring (bicyclic) bond motifs is 1. The number of hydrogen-bond acceptors (Lipinski definition) is 6. The van der Waals surface area contributed by atoms with Crippen LogP contribution in [0.4, 0.5) is 11.4 Å². The second-order valence-electron chi connectivity index (χ2n) is 11.0. The van der Waals surface area contributed by atoms with Gasteiger partial charge in [0.1, 0.15) is 11.8 Å². The van der Waals surface area contributed by atoms with E-state index >= 15 is 0 Å². The molecule has 39 heavy (non-hydrogen) atoms. The Hall–Kier alpha value is -3.04. The van der Waals surface area contributed by atoms with Crippen LogP contribution in [0.25, 0.3) is 0 Å². The summed E-state index contributed by atoms with van der Waals surface area (Å²) in [7, 11) is 0. The van der Waals surface area contributed by atoms with Crippen molar-refractivity contribution in [1.82, 2.24) is 4.90 Å². The summed E-state index contributed by atoms with van der Waals surface area (Å²) >= 11 is 1.62. The Bertz CT molecular complexity index is 1260. The van der Waals surface area contributed by atoms with Gasteiger partial charge in [-0.05, 0) is 75.4 Å². The summed E-state index contributed by atoms with van der Waals surface area (Å²) in [6, 6.07) is 11.7. The SMILES string of the molecule is CCOc1ccc(NC(=O)[C@@H]2[C@H]3C(=O)N([C@H](C)CO)C(C(=O)Nc4c(C)cccc4C)C34S[C@@H]2CC4C)cc1. The highest BCUT2D eigenvalue weighted by atomic mass is 32.2. The molecular weight excluding hydrogens is 514 g/mol. The van der Waals surface area contributed by atoms with Crippen molar-refractivity contribution in [2.24, 2.45) is 17.8 Å². The van der Waals surface area contributed by atoms with E-state index in [-0.39, 0.29) is 35.5 Å². The highest BCUT2D eigenvalue weighted by Gasteiger charge is 2.76. The fourth-order valence-electron chi connectivity index (χ4n) is 6.85. The lowest BCUT2D eigenvalue weighted by molar-refractivity contribution is -0.140. The molecule has 3 amide bonds. The molecule has 2 aromatic carbocycles. The van der Waals surface area contributed by atoms with Gasteiger partial charge in [-0.2, -0.15) is 0 Å². The van der Waals surface area contributed by atoms with Crippen molar-refractivity contribution >= 4 is 40.9 Å². The van der Waals surface area contributed by atoms with Crippen LogP contribution >= 0.6 is 11.8 Å². The monoisotopic (exact) mass is 551 g/mol. The molecule has 0 aliphatic carbocycles. The van der Waals surface area contributed by atoms with E-state index in [4.69, 9.17) is 4.74 Å². The lowest BCUT2D eigenvalue weighted by Crippen LogP contribution is -2.56. The maximum atomic E-state index is 14.1. The Morgan fingerprint density at radius 3 is 2.41 bits per heavy atom. The maximum Gasteiger partial charge on any atom is 0.248 e. The van der Waals surface area contributed by atoms with E-state index in [1.807, 2.05) is 39.0 Å². The summed E-state index contributed by atoms with van der Waals surface area (Å²) in [4.78, 5) is 43.5. The van der Waals surface area contributed by atoms with Crippen LogP contribution in [-0.2, 0) is 14.4 Å². The van der Waals surface area contributed by atoms with Gasteiger partial charge in [0.25, 0.3) is 0 Å². The number of aliphatic hydroxyl groups is 1. The van der Waals surface area contributed by atoms with Crippen LogP contribution < -0.4 is 15.4 Å². The molecule has 2 bridgehead atoms. The van der Waals surface area contributed by atoms with Crippen LogP contribution in [0.2, 0.25) is 0 Å². The molecule has 1 spiro atoms. The minimum atomic E-state index is -0.801. The number of rotatable bonds is 8. The molecule has 3 saturated heterocycles. The first kappa shape index (κ1) is 27.5. The summed E-state index contributed by atoms with van der Waals surface area (Å²) in [5, 5.41) is 16.2. The van der Waals surface area contributed by atoms with E-state index in [1.165, 1.54) is 0 Å². The number of carbonyl (C=O) groups is 3. The largest absolute Gasteiger partial charge is 0.494 e. The molecule has 7 atom stereocenters. The minimum absolute atomic E-state index is 0.0422. The Kier molecular flexibility index (Phi) is 7.41. The van der Waals surface area contributed by atoms with E-state index in [2.05, 4.69) is 17.6 Å². The lowest BCUT2D eigenvalue weighted by Gasteiger charge is -2.39. The molecule has 0 saturated carbocycles. The highest BCUT2D eigenvalue weighted by Crippen LogP contribution is 2.68. The first-order chi connectivity index (χ1) is 18.6. The highest BCUT2D eigenvalue weighted by molar-refractivity contribution is 8.02. The van der Waals surface area contributed by atoms with Crippen molar-refractivity contribution in [2.45, 2.75) is 63.1 Å². The van der Waals surface area contributed by atoms with Gasteiger partial charge in [-0.1, -0.05) is 25.1 Å². The van der Waals surface area contributed by atoms with Gasteiger partial charge in [-0.3, -0.25) is 14.4 Å². The molecule has 208 valence electrons. The van der Waals surface area contributed by atoms with Crippen LogP contribution in [0.5, 0.6) is 5.75 Å². The Morgan fingerprint density at radius 1 is 1.13 bits per heavy atom. The molecule has 3 N–H and O–H groups in total. The zero-order valence-corrected chi connectivity index (χ0v) is 23.9. The third kappa shape index (κ3) is 4.39. The molecular formula is C30H37N3O5S. The summed E-state index contributed by atoms with van der Waals surface area (Å²) < 4.78 is 4.74. The predicted octanol–water partition coefficient (Wildman–Crippen LogP) is 4.00. The number of hydrogen-bond donors (Lipinski definition) is 3. The van der Waals surface area contributed by atoms with Crippen molar-refractivity contribution in [3.05, 3.63) is 53.6 Å². The standard InChI is InChI=1S/C30H37N3O5S/c1-6-38-21-12-10-20(11-13-21)31-27(35)23-22-14-18(4)30(39-22)24(23)29(37)33(19(5)15-34)26(30)28(36)32-25-16(2)8-7-9-17(25)3/h7-13,18-19,22-24,26,34H,6,14-15H2,1-5H3,(H,31,35)(H,32,36)/t18?,19-,22-,23+,24+,26?,30?/m1/s1. The van der Waals surface area contributed by atoms with Crippen LogP contribution in [0.15, 0.2) is 42.5 Å². The zero-order valence-electron chi connectivity index (χ0n) is 23.1. The van der Waals surface area contributed by atoms with Gasteiger partial charge in [0.15, 0.2) is 0 Å². The van der Waals surface area contributed by atoms with Crippen molar-refractivity contribution in [3.63, 3.8) is 0 Å². The quantitative estimate of drug-likeness (QED) is 0.458. The van der Waals surface area contributed by atoms with E-state index in [1.54, 1.807) is 47.9 Å². The van der Waals surface area contributed by atoms with Crippen molar-refractivity contribution in [1.29, 1.82) is 0 Å². The van der Waals surface area contributed by atoms with Gasteiger partial charge in [-0.15, -0.1) is 11.8 Å². The molecule has 8 nitrogen and oxygen atoms in total. The number of thioether (sulfide) groups is 1. The van der Waals surface area contributed by atoms with Gasteiger partial charge in [-0.25, -0.2) is 0 Å². The second-order valence-corrected chi connectivity index (χ2v) is 12.6. The molecule has 2 aromatic rings. The summed E-state index contributed by atoms with van der Waals surface area (Å²) in [6.45, 7) is 9.92. The number of carbonyl (C=O) groups excluding carboxylic acids is 3. The molecule has 0 radical (unpaired) electrons. The number of para-hydroxylation sites is 1. The van der Waals surface area contributed by atoms with Crippen LogP contribution in [0, 0.1) is 31.6 Å². The summed E-state index contributed by atoms with van der Waals surface area (Å²) in [5.41, 5.74) is 3.25. The van der Waals surface area contributed by atoms with Gasteiger partial charge < -0.3 is 25.4 Å². The predicted molar refractivity (Wildman–Crippen MR) is 153 cm³/mol. The van der Waals surface area contributed by atoms with E-state index < -0.39 is 28.7 Å². The lowest BCUT2D eigenvalue weighted by atomic mass is 9.66. The Labute approximate surface area is 233 Å². The van der Waals surface area contributed by atoms with Gasteiger partial charge in [0.05, 0.1) is 35.8 Å². The fraction of sp³-hybridized carbons (Fsp3) is 0.500. The van der Waals surface area contributed by atoms with E-state index in [9.17, 15) is 19.5 Å². The number of nitrogens with zero attached hydrogens (tertiary/aromatic N) is 1. The van der Waals surface area contributed by atoms with Crippen molar-refractivity contribution in [3.8, 4) is 5.75 Å². The van der Waals surface area contributed by atoms with Crippen LogP contribution in [0.1, 0.15) is 38.3 Å². The first-order valence-electron chi connectivity index (χ1n) is 13.7. The maximum absolute atomic E-state index is 14.1. The van der Waals surface area contributed by atoms with E-state index in [0.29, 0.717) is 12.3 Å². The normalized spacial score (nSPS) is 29.7. The number of likely N-dealkylation sites (tertiary alicyclic amines) is 1. The third-order valence-electron chi connectivity index (χ3n) is 8.64. The number of benzene rings is 2. The van der Waals surface area contributed by atoms with Crippen molar-refractivity contribution in [2.75, 3.05) is 23.8 Å². The minimum Gasteiger partial charge on any atom is -0.494 e. The molecule has 3 aliphatic rings. The number of aryl methyl sites for hydroxylation is 2. The molecule has 5 rings (SSSR count). The molecule has 3 fully saturated rings. The molecule has 3 heterocycles. The number of aliphatic hydroxyl groups excluding tert-OH is 1. The Morgan fingerprint density at radius 2 is 1.79 bits per heavy atom. The average Bonchev–Trinajstić information content (AvgIpc) is 3.50. The number of ether oxygens (including phenoxy) is 1. The van der Waals surface area contributed by atoms with Gasteiger partial charge in [0, 0.05) is 16.6 Å². The number of amides is 3. The van der Waals surface area contributed by atoms with Crippen LogP contribution in [0.3, 0.4) is 0 Å². The second kappa shape index (κ2) is 10.5. The van der Waals surface area contributed by atoms with E-state index in [0.717, 1.165) is 29.0 Å². The van der Waals surface area contributed by atoms with Gasteiger partial charge >= 0.3 is 0 Å².